The van der Waals surface area contributed by atoms with Crippen molar-refractivity contribution in [1.29, 1.82) is 0 Å². The lowest BCUT2D eigenvalue weighted by Crippen LogP contribution is -2.29. The average Bonchev–Trinajstić information content (AvgIpc) is 3.03. The number of methoxy groups -OCH3 is 1. The van der Waals surface area contributed by atoms with Crippen molar-refractivity contribution in [2.75, 3.05) is 33.4 Å². The van der Waals surface area contributed by atoms with E-state index in [1.165, 1.54) is 19.2 Å². The van der Waals surface area contributed by atoms with Crippen molar-refractivity contribution >= 4 is 5.97 Å². The highest BCUT2D eigenvalue weighted by Gasteiger charge is 2.37. The lowest BCUT2D eigenvalue weighted by Gasteiger charge is -2.19. The predicted molar refractivity (Wildman–Crippen MR) is 103 cm³/mol. The zero-order chi connectivity index (χ0) is 20.2. The number of ether oxygens (including phenoxy) is 4. The Morgan fingerprint density at radius 1 is 1.10 bits per heavy atom. The van der Waals surface area contributed by atoms with E-state index in [0.29, 0.717) is 31.1 Å². The van der Waals surface area contributed by atoms with Crippen LogP contribution < -0.4 is 4.74 Å². The van der Waals surface area contributed by atoms with Gasteiger partial charge in [-0.1, -0.05) is 12.1 Å². The van der Waals surface area contributed by atoms with Crippen LogP contribution in [0.3, 0.4) is 0 Å². The van der Waals surface area contributed by atoms with E-state index in [-0.39, 0.29) is 30.1 Å². The molecule has 0 amide bonds. The second kappa shape index (κ2) is 8.90. The predicted octanol–water partition coefficient (Wildman–Crippen LogP) is 2.66. The molecule has 0 aromatic heterocycles. The van der Waals surface area contributed by atoms with Crippen LogP contribution in [0.4, 0.5) is 4.39 Å². The van der Waals surface area contributed by atoms with Gasteiger partial charge < -0.3 is 18.9 Å². The number of carbonyl (C=O) groups is 1. The number of nitrogens with zero attached hydrogens (tertiary/aromatic N) is 1. The first-order valence-corrected chi connectivity index (χ1v) is 9.66. The summed E-state index contributed by atoms with van der Waals surface area (Å²) in [5, 5.41) is 0. The van der Waals surface area contributed by atoms with Gasteiger partial charge in [-0.25, -0.2) is 9.18 Å². The highest BCUT2D eigenvalue weighted by atomic mass is 19.1. The molecule has 0 spiro atoms. The molecule has 0 radical (unpaired) electrons. The summed E-state index contributed by atoms with van der Waals surface area (Å²) in [6.07, 6.45) is -0.280. The monoisotopic (exact) mass is 401 g/mol. The quantitative estimate of drug-likeness (QED) is 0.718. The van der Waals surface area contributed by atoms with Crippen molar-refractivity contribution < 1.29 is 28.1 Å². The summed E-state index contributed by atoms with van der Waals surface area (Å²) >= 11 is 0. The van der Waals surface area contributed by atoms with Crippen molar-refractivity contribution in [3.05, 3.63) is 65.5 Å². The number of hydrogen-bond donors (Lipinski definition) is 0. The van der Waals surface area contributed by atoms with E-state index in [0.717, 1.165) is 18.7 Å². The minimum absolute atomic E-state index is 0.0272. The summed E-state index contributed by atoms with van der Waals surface area (Å²) in [6.45, 7) is 3.04. The van der Waals surface area contributed by atoms with Crippen molar-refractivity contribution in [3.8, 4) is 5.75 Å². The van der Waals surface area contributed by atoms with Crippen LogP contribution in [0.2, 0.25) is 0 Å². The van der Waals surface area contributed by atoms with Crippen LogP contribution in [0.1, 0.15) is 15.9 Å². The van der Waals surface area contributed by atoms with Gasteiger partial charge in [0.2, 0.25) is 0 Å². The third kappa shape index (κ3) is 4.93. The minimum Gasteiger partial charge on any atom is -0.486 e. The fraction of sp³-hybridized carbons (Fsp3) is 0.409. The summed E-state index contributed by atoms with van der Waals surface area (Å²) in [7, 11) is 1.38. The molecule has 7 heteroatoms. The largest absolute Gasteiger partial charge is 0.486 e. The molecule has 2 aromatic carbocycles. The zero-order valence-electron chi connectivity index (χ0n) is 16.3. The Hall–Kier alpha value is -2.48. The van der Waals surface area contributed by atoms with Gasteiger partial charge in [0.25, 0.3) is 0 Å². The van der Waals surface area contributed by atoms with E-state index in [1.54, 1.807) is 18.2 Å². The highest BCUT2D eigenvalue weighted by molar-refractivity contribution is 5.89. The molecule has 6 nitrogen and oxygen atoms in total. The van der Waals surface area contributed by atoms with E-state index < -0.39 is 0 Å². The van der Waals surface area contributed by atoms with E-state index >= 15 is 0 Å². The summed E-state index contributed by atoms with van der Waals surface area (Å²) in [6, 6.07) is 13.4. The first kappa shape index (κ1) is 19.8. The molecule has 0 N–H and O–H groups in total. The Morgan fingerprint density at radius 2 is 1.79 bits per heavy atom. The molecule has 0 bridgehead atoms. The Bertz CT molecular complexity index is 827. The van der Waals surface area contributed by atoms with E-state index in [2.05, 4.69) is 4.90 Å². The fourth-order valence-corrected chi connectivity index (χ4v) is 3.72. The number of likely N-dealkylation sites (tertiary alicyclic amines) is 1. The van der Waals surface area contributed by atoms with Crippen LogP contribution >= 0.6 is 0 Å². The summed E-state index contributed by atoms with van der Waals surface area (Å²) in [4.78, 5) is 14.0. The molecule has 2 fully saturated rings. The molecule has 0 aliphatic carbocycles. The normalized spacial score (nSPS) is 22.7. The Morgan fingerprint density at radius 3 is 2.45 bits per heavy atom. The van der Waals surface area contributed by atoms with Gasteiger partial charge in [0, 0.05) is 19.6 Å². The number of esters is 1. The number of carbonyl (C=O) groups excluding carboxylic acids is 1. The smallest absolute Gasteiger partial charge is 0.337 e. The minimum atomic E-state index is -0.336. The molecule has 2 heterocycles. The van der Waals surface area contributed by atoms with Gasteiger partial charge in [-0.2, -0.15) is 0 Å². The fourth-order valence-electron chi connectivity index (χ4n) is 3.72. The van der Waals surface area contributed by atoms with Crippen LogP contribution in [0.15, 0.2) is 48.5 Å². The molecule has 2 aromatic rings. The molecular weight excluding hydrogens is 377 g/mol. The average molecular weight is 401 g/mol. The molecular formula is C22H24FNO5. The second-order valence-electron chi connectivity index (χ2n) is 7.32. The molecule has 2 atom stereocenters. The van der Waals surface area contributed by atoms with E-state index in [4.69, 9.17) is 18.9 Å². The lowest BCUT2D eigenvalue weighted by molar-refractivity contribution is -0.00461. The van der Waals surface area contributed by atoms with Crippen molar-refractivity contribution in [1.82, 2.24) is 4.90 Å². The molecule has 4 rings (SSSR count). The van der Waals surface area contributed by atoms with E-state index in [9.17, 15) is 9.18 Å². The van der Waals surface area contributed by atoms with Crippen LogP contribution in [0, 0.1) is 5.82 Å². The number of benzene rings is 2. The number of halogens is 1. The maximum Gasteiger partial charge on any atom is 0.337 e. The molecule has 0 unspecified atom stereocenters. The number of hydrogen-bond acceptors (Lipinski definition) is 6. The topological polar surface area (TPSA) is 57.2 Å². The summed E-state index contributed by atoms with van der Waals surface area (Å²) < 4.78 is 35.8. The molecule has 2 aliphatic heterocycles. The van der Waals surface area contributed by atoms with Crippen LogP contribution in [0.5, 0.6) is 5.75 Å². The maximum absolute atomic E-state index is 13.0. The van der Waals surface area contributed by atoms with Gasteiger partial charge in [-0.05, 0) is 42.0 Å². The van der Waals surface area contributed by atoms with Gasteiger partial charge in [0.05, 0.1) is 38.1 Å². The van der Waals surface area contributed by atoms with Crippen LogP contribution in [-0.2, 0) is 20.8 Å². The number of rotatable bonds is 5. The van der Waals surface area contributed by atoms with Crippen molar-refractivity contribution in [2.24, 2.45) is 0 Å². The maximum atomic E-state index is 13.0. The van der Waals surface area contributed by atoms with Crippen LogP contribution in [-0.4, -0.2) is 62.6 Å². The zero-order valence-corrected chi connectivity index (χ0v) is 16.3. The van der Waals surface area contributed by atoms with Gasteiger partial charge >= 0.3 is 5.97 Å². The van der Waals surface area contributed by atoms with Gasteiger partial charge in [-0.3, -0.25) is 4.90 Å². The molecule has 2 saturated heterocycles. The standard InChI is InChI=1S/C22H24FNO5/c1-26-22(25)16-4-2-3-15(9-16)10-24-11-20-21(12-24)28-14-19(13-27-20)29-18-7-5-17(23)6-8-18/h2-9,19-21H,10-14H2,1H3/t20-,21-/m0/s1. The molecule has 29 heavy (non-hydrogen) atoms. The molecule has 0 saturated carbocycles. The van der Waals surface area contributed by atoms with E-state index in [1.807, 2.05) is 18.2 Å². The molecule has 2 aliphatic rings. The SMILES string of the molecule is COC(=O)c1cccc(CN2C[C@@H]3OCC(Oc4ccc(F)cc4)CO[C@H]3C2)c1. The van der Waals surface area contributed by atoms with Crippen molar-refractivity contribution in [3.63, 3.8) is 0 Å². The Balaban J connectivity index is 1.31. The van der Waals surface area contributed by atoms with Gasteiger partial charge in [-0.15, -0.1) is 0 Å². The Labute approximate surface area is 169 Å². The first-order valence-electron chi connectivity index (χ1n) is 9.66. The van der Waals surface area contributed by atoms with Crippen LogP contribution in [0.25, 0.3) is 0 Å². The van der Waals surface area contributed by atoms with Crippen molar-refractivity contribution in [2.45, 2.75) is 24.9 Å². The lowest BCUT2D eigenvalue weighted by atomic mass is 10.1. The number of fused-ring (bicyclic) bond motifs is 1. The third-order valence-electron chi connectivity index (χ3n) is 5.15. The summed E-state index contributed by atoms with van der Waals surface area (Å²) in [5.74, 6) is -0.0301. The molecule has 154 valence electrons. The third-order valence-corrected chi connectivity index (χ3v) is 5.15. The van der Waals surface area contributed by atoms with Gasteiger partial charge in [0.1, 0.15) is 17.7 Å². The van der Waals surface area contributed by atoms with Gasteiger partial charge in [0.15, 0.2) is 0 Å². The first-order chi connectivity index (χ1) is 14.1. The second-order valence-corrected chi connectivity index (χ2v) is 7.32. The summed E-state index contributed by atoms with van der Waals surface area (Å²) in [5.41, 5.74) is 1.59. The Kier molecular flexibility index (Phi) is 6.08. The highest BCUT2D eigenvalue weighted by Crippen LogP contribution is 2.24.